The summed E-state index contributed by atoms with van der Waals surface area (Å²) >= 11 is 0. The van der Waals surface area contributed by atoms with Crippen molar-refractivity contribution in [2.75, 3.05) is 13.7 Å². The largest absolute Gasteiger partial charge is 0.467 e. The third-order valence-corrected chi connectivity index (χ3v) is 6.38. The molecule has 0 aromatic carbocycles. The maximum atomic E-state index is 13.6. The van der Waals surface area contributed by atoms with Crippen LogP contribution in [-0.4, -0.2) is 71.9 Å². The van der Waals surface area contributed by atoms with Crippen LogP contribution in [0, 0.1) is 11.3 Å². The molecule has 10 heteroatoms. The molecule has 1 heterocycles. The molecule has 2 N–H and O–H groups in total. The van der Waals surface area contributed by atoms with Crippen LogP contribution in [-0.2, 0) is 28.7 Å². The van der Waals surface area contributed by atoms with Crippen molar-refractivity contribution in [2.45, 2.75) is 104 Å². The van der Waals surface area contributed by atoms with Gasteiger partial charge < -0.3 is 25.0 Å². The monoisotopic (exact) mass is 495 g/mol. The number of carbonyl (C=O) groups is 5. The van der Waals surface area contributed by atoms with Crippen LogP contribution in [0.15, 0.2) is 0 Å². The number of nitrogens with one attached hydrogen (secondary N) is 2. The van der Waals surface area contributed by atoms with Crippen LogP contribution in [0.25, 0.3) is 0 Å². The SMILES string of the molecule is COC(=O)[C@@H]1CC(=O)CN1C(=O)[C@@H](NC(=O)[C@@H](NC(=O)OC(C)(C)C)C1CCCCC1)C(C)(C)C. The smallest absolute Gasteiger partial charge is 0.408 e. The molecule has 0 unspecified atom stereocenters. The molecule has 198 valence electrons. The normalized spacial score (nSPS) is 21.2. The third-order valence-electron chi connectivity index (χ3n) is 6.38. The zero-order valence-electron chi connectivity index (χ0n) is 22.1. The Kier molecular flexibility index (Phi) is 9.30. The fourth-order valence-corrected chi connectivity index (χ4v) is 4.61. The summed E-state index contributed by atoms with van der Waals surface area (Å²) < 4.78 is 10.2. The maximum Gasteiger partial charge on any atom is 0.408 e. The summed E-state index contributed by atoms with van der Waals surface area (Å²) in [6, 6.07) is -2.92. The van der Waals surface area contributed by atoms with Crippen molar-refractivity contribution in [1.82, 2.24) is 15.5 Å². The lowest BCUT2D eigenvalue weighted by molar-refractivity contribution is -0.153. The van der Waals surface area contributed by atoms with Gasteiger partial charge in [0.05, 0.1) is 13.7 Å². The highest BCUT2D eigenvalue weighted by Gasteiger charge is 2.46. The van der Waals surface area contributed by atoms with E-state index in [2.05, 4.69) is 10.6 Å². The van der Waals surface area contributed by atoms with E-state index in [4.69, 9.17) is 9.47 Å². The maximum absolute atomic E-state index is 13.6. The molecule has 1 aliphatic heterocycles. The Morgan fingerprint density at radius 2 is 1.57 bits per heavy atom. The van der Waals surface area contributed by atoms with E-state index in [1.807, 2.05) is 0 Å². The van der Waals surface area contributed by atoms with E-state index in [0.717, 1.165) is 32.1 Å². The number of rotatable bonds is 6. The summed E-state index contributed by atoms with van der Waals surface area (Å²) in [5, 5.41) is 5.55. The molecule has 1 saturated heterocycles. The molecule has 10 nitrogen and oxygen atoms in total. The van der Waals surface area contributed by atoms with Gasteiger partial charge in [0, 0.05) is 6.42 Å². The molecule has 3 amide bonds. The van der Waals surface area contributed by atoms with Gasteiger partial charge in [0.2, 0.25) is 11.8 Å². The van der Waals surface area contributed by atoms with Crippen molar-refractivity contribution in [1.29, 1.82) is 0 Å². The first-order valence-electron chi connectivity index (χ1n) is 12.3. The highest BCUT2D eigenvalue weighted by Crippen LogP contribution is 2.29. The van der Waals surface area contributed by atoms with Crippen molar-refractivity contribution in [2.24, 2.45) is 11.3 Å². The molecule has 35 heavy (non-hydrogen) atoms. The van der Waals surface area contributed by atoms with Gasteiger partial charge in [-0.2, -0.15) is 0 Å². The molecule has 2 aliphatic rings. The number of hydrogen-bond acceptors (Lipinski definition) is 7. The second-order valence-corrected chi connectivity index (χ2v) is 11.6. The molecule has 1 saturated carbocycles. The lowest BCUT2D eigenvalue weighted by Gasteiger charge is -2.37. The van der Waals surface area contributed by atoms with Gasteiger partial charge >= 0.3 is 12.1 Å². The van der Waals surface area contributed by atoms with Gasteiger partial charge in [-0.3, -0.25) is 14.4 Å². The summed E-state index contributed by atoms with van der Waals surface area (Å²) in [5.41, 5.74) is -1.46. The van der Waals surface area contributed by atoms with Crippen molar-refractivity contribution in [3.63, 3.8) is 0 Å². The minimum atomic E-state index is -1.03. The minimum absolute atomic E-state index is 0.0943. The second kappa shape index (κ2) is 11.4. The first-order valence-corrected chi connectivity index (χ1v) is 12.3. The summed E-state index contributed by atoms with van der Waals surface area (Å²) in [5.74, 6) is -2.04. The van der Waals surface area contributed by atoms with Gasteiger partial charge in [-0.15, -0.1) is 0 Å². The Balaban J connectivity index is 2.28. The number of ether oxygens (including phenoxy) is 2. The van der Waals surface area contributed by atoms with E-state index in [9.17, 15) is 24.0 Å². The van der Waals surface area contributed by atoms with Crippen LogP contribution in [0.5, 0.6) is 0 Å². The van der Waals surface area contributed by atoms with Crippen molar-refractivity contribution < 1.29 is 33.4 Å². The molecule has 0 aromatic rings. The number of esters is 1. The molecular formula is C25H41N3O7. The molecule has 3 atom stereocenters. The zero-order valence-corrected chi connectivity index (χ0v) is 22.1. The second-order valence-electron chi connectivity index (χ2n) is 11.6. The van der Waals surface area contributed by atoms with Gasteiger partial charge in [0.25, 0.3) is 0 Å². The van der Waals surface area contributed by atoms with Crippen LogP contribution < -0.4 is 10.6 Å². The average Bonchev–Trinajstić information content (AvgIpc) is 3.15. The van der Waals surface area contributed by atoms with Crippen molar-refractivity contribution >= 4 is 29.7 Å². The van der Waals surface area contributed by atoms with E-state index in [-0.39, 0.29) is 24.7 Å². The molecule has 2 fully saturated rings. The number of likely N-dealkylation sites (tertiary alicyclic amines) is 1. The Labute approximate surface area is 207 Å². The summed E-state index contributed by atoms with van der Waals surface area (Å²) in [4.78, 5) is 65.1. The van der Waals surface area contributed by atoms with Crippen LogP contribution in [0.1, 0.15) is 80.1 Å². The number of ketones is 1. The Morgan fingerprint density at radius 3 is 2.09 bits per heavy atom. The summed E-state index contributed by atoms with van der Waals surface area (Å²) in [6.45, 7) is 10.4. The average molecular weight is 496 g/mol. The number of nitrogens with zero attached hydrogens (tertiary/aromatic N) is 1. The van der Waals surface area contributed by atoms with E-state index in [1.165, 1.54) is 12.0 Å². The van der Waals surface area contributed by atoms with Crippen molar-refractivity contribution in [3.8, 4) is 0 Å². The lowest BCUT2D eigenvalue weighted by Crippen LogP contribution is -2.61. The van der Waals surface area contributed by atoms with E-state index >= 15 is 0 Å². The van der Waals surface area contributed by atoms with Gasteiger partial charge in [-0.05, 0) is 44.9 Å². The third kappa shape index (κ3) is 7.93. The fraction of sp³-hybridized carbons (Fsp3) is 0.800. The first kappa shape index (κ1) is 28.6. The highest BCUT2D eigenvalue weighted by molar-refractivity contribution is 6.00. The quantitative estimate of drug-likeness (QED) is 0.541. The predicted octanol–water partition coefficient (Wildman–Crippen LogP) is 2.33. The Hall–Kier alpha value is -2.65. The molecule has 0 spiro atoms. The zero-order chi connectivity index (χ0) is 26.6. The molecule has 0 radical (unpaired) electrons. The van der Waals surface area contributed by atoms with Gasteiger partial charge in [-0.25, -0.2) is 9.59 Å². The molecule has 1 aliphatic carbocycles. The Morgan fingerprint density at radius 1 is 0.971 bits per heavy atom. The Bertz CT molecular complexity index is 822. The fourth-order valence-electron chi connectivity index (χ4n) is 4.61. The van der Waals surface area contributed by atoms with Crippen LogP contribution in [0.2, 0.25) is 0 Å². The highest BCUT2D eigenvalue weighted by atomic mass is 16.6. The van der Waals surface area contributed by atoms with Crippen LogP contribution >= 0.6 is 0 Å². The molecule has 0 aromatic heterocycles. The number of methoxy groups -OCH3 is 1. The number of Topliss-reactive ketones (excluding diaryl/α,β-unsaturated/α-hetero) is 1. The van der Waals surface area contributed by atoms with E-state index in [1.54, 1.807) is 41.5 Å². The topological polar surface area (TPSA) is 131 Å². The van der Waals surface area contributed by atoms with Gasteiger partial charge in [-0.1, -0.05) is 40.0 Å². The van der Waals surface area contributed by atoms with E-state index < -0.39 is 53.0 Å². The minimum Gasteiger partial charge on any atom is -0.467 e. The number of carbonyl (C=O) groups excluding carboxylic acids is 5. The van der Waals surface area contributed by atoms with Gasteiger partial charge in [0.15, 0.2) is 5.78 Å². The van der Waals surface area contributed by atoms with Gasteiger partial charge in [0.1, 0.15) is 23.7 Å². The van der Waals surface area contributed by atoms with Crippen LogP contribution in [0.3, 0.4) is 0 Å². The lowest BCUT2D eigenvalue weighted by atomic mass is 9.82. The number of hydrogen-bond donors (Lipinski definition) is 2. The number of alkyl carbamates (subject to hydrolysis) is 1. The van der Waals surface area contributed by atoms with Crippen molar-refractivity contribution in [3.05, 3.63) is 0 Å². The summed E-state index contributed by atoms with van der Waals surface area (Å²) in [6.07, 6.45) is 3.69. The standard InChI is InChI=1S/C25H41N3O7/c1-24(2,3)19(21(31)28-14-16(29)13-17(28)22(32)34-7)27-20(30)18(15-11-9-8-10-12-15)26-23(33)35-25(4,5)6/h15,17-19H,8-14H2,1-7H3,(H,26,33)(H,27,30)/t17-,18-,19+/m0/s1. The summed E-state index contributed by atoms with van der Waals surface area (Å²) in [7, 11) is 1.20. The number of amides is 3. The molecule has 2 rings (SSSR count). The van der Waals surface area contributed by atoms with E-state index in [0.29, 0.717) is 0 Å². The molecule has 0 bridgehead atoms. The first-order chi connectivity index (χ1) is 16.1. The molecular weight excluding hydrogens is 454 g/mol. The predicted molar refractivity (Wildman–Crippen MR) is 128 cm³/mol. The van der Waals surface area contributed by atoms with Crippen LogP contribution in [0.4, 0.5) is 4.79 Å².